The summed E-state index contributed by atoms with van der Waals surface area (Å²) in [4.78, 5) is 44.4. The minimum Gasteiger partial charge on any atom is -0.480 e. The van der Waals surface area contributed by atoms with E-state index >= 15 is 0 Å². The lowest BCUT2D eigenvalue weighted by Gasteiger charge is -2.20. The number of carbonyl (C=O) groups is 4. The van der Waals surface area contributed by atoms with Gasteiger partial charge in [-0.3, -0.25) is 9.59 Å². The molecule has 0 aliphatic rings. The molecule has 20 heavy (non-hydrogen) atoms. The van der Waals surface area contributed by atoms with Gasteiger partial charge in [-0.25, -0.2) is 9.59 Å². The monoisotopic (exact) mass is 286 g/mol. The minimum absolute atomic E-state index is 0.777. The second-order valence-corrected chi connectivity index (χ2v) is 5.17. The number of hydrogen-bond donors (Lipinski definition) is 4. The van der Waals surface area contributed by atoms with Gasteiger partial charge in [0, 0.05) is 12.2 Å². The van der Waals surface area contributed by atoms with Crippen molar-refractivity contribution < 1.29 is 29.4 Å². The summed E-state index contributed by atoms with van der Waals surface area (Å²) in [6.07, 6.45) is 1.66. The van der Waals surface area contributed by atoms with Crippen LogP contribution >= 0.6 is 0 Å². The highest BCUT2D eigenvalue weighted by Gasteiger charge is 2.29. The van der Waals surface area contributed by atoms with E-state index in [4.69, 9.17) is 10.2 Å². The van der Waals surface area contributed by atoms with Crippen LogP contribution in [-0.2, 0) is 19.2 Å². The molecule has 0 aromatic carbocycles. The largest absolute Gasteiger partial charge is 0.480 e. The Balaban J connectivity index is 4.59. The van der Waals surface area contributed by atoms with Crippen LogP contribution in [0.3, 0.4) is 0 Å². The van der Waals surface area contributed by atoms with E-state index in [1.807, 2.05) is 0 Å². The molecule has 0 heterocycles. The Morgan fingerprint density at radius 1 is 0.750 bits per heavy atom. The van der Waals surface area contributed by atoms with Crippen molar-refractivity contribution in [2.24, 2.45) is 0 Å². The molecule has 0 rings (SSSR count). The zero-order valence-corrected chi connectivity index (χ0v) is 11.7. The average Bonchev–Trinajstić information content (AvgIpc) is 2.24. The fourth-order valence-corrected chi connectivity index (χ4v) is 0.958. The lowest BCUT2D eigenvalue weighted by Crippen LogP contribution is -2.50. The van der Waals surface area contributed by atoms with Crippen LogP contribution in [0.15, 0.2) is 12.2 Å². The van der Waals surface area contributed by atoms with Gasteiger partial charge in [-0.05, 0) is 27.7 Å². The van der Waals surface area contributed by atoms with Crippen LogP contribution < -0.4 is 10.6 Å². The first-order valence-electron chi connectivity index (χ1n) is 5.67. The number of nitrogens with one attached hydrogen (secondary N) is 2. The summed E-state index contributed by atoms with van der Waals surface area (Å²) in [7, 11) is 0. The minimum atomic E-state index is -1.47. The highest BCUT2D eigenvalue weighted by Crippen LogP contribution is 2.03. The van der Waals surface area contributed by atoms with E-state index in [9.17, 15) is 19.2 Å². The zero-order valence-electron chi connectivity index (χ0n) is 11.7. The number of carboxylic acids is 2. The summed E-state index contributed by atoms with van der Waals surface area (Å²) in [5, 5.41) is 21.9. The highest BCUT2D eigenvalue weighted by molar-refractivity contribution is 5.99. The van der Waals surface area contributed by atoms with Crippen molar-refractivity contribution in [3.63, 3.8) is 0 Å². The lowest BCUT2D eigenvalue weighted by atomic mass is 10.1. The number of rotatable bonds is 6. The molecule has 0 bridgehead atoms. The number of amides is 2. The summed E-state index contributed by atoms with van der Waals surface area (Å²) < 4.78 is 0. The Bertz CT molecular complexity index is 423. The molecule has 8 nitrogen and oxygen atoms in total. The van der Waals surface area contributed by atoms with E-state index in [-0.39, 0.29) is 0 Å². The number of aliphatic carboxylic acids is 2. The first-order chi connectivity index (χ1) is 8.88. The van der Waals surface area contributed by atoms with Crippen LogP contribution in [0.5, 0.6) is 0 Å². The third-order valence-corrected chi connectivity index (χ3v) is 2.33. The SMILES string of the molecule is CC(C)(NC(=O)/C=C/C(=O)NC(C)(C)C(=O)O)C(=O)O. The molecule has 0 fully saturated rings. The van der Waals surface area contributed by atoms with Crippen molar-refractivity contribution in [2.45, 2.75) is 38.8 Å². The Morgan fingerprint density at radius 2 is 1.00 bits per heavy atom. The van der Waals surface area contributed by atoms with Gasteiger partial charge >= 0.3 is 11.9 Å². The van der Waals surface area contributed by atoms with E-state index in [0.717, 1.165) is 12.2 Å². The molecule has 0 spiro atoms. The van der Waals surface area contributed by atoms with Gasteiger partial charge in [-0.1, -0.05) is 0 Å². The maximum absolute atomic E-state index is 11.4. The Labute approximate surface area is 115 Å². The van der Waals surface area contributed by atoms with E-state index < -0.39 is 34.8 Å². The first-order valence-corrected chi connectivity index (χ1v) is 5.67. The van der Waals surface area contributed by atoms with E-state index in [2.05, 4.69) is 10.6 Å². The van der Waals surface area contributed by atoms with Gasteiger partial charge in [0.05, 0.1) is 0 Å². The van der Waals surface area contributed by atoms with Gasteiger partial charge in [-0.2, -0.15) is 0 Å². The van der Waals surface area contributed by atoms with Crippen molar-refractivity contribution in [1.82, 2.24) is 10.6 Å². The molecule has 112 valence electrons. The third kappa shape index (κ3) is 5.51. The smallest absolute Gasteiger partial charge is 0.328 e. The second-order valence-electron chi connectivity index (χ2n) is 5.17. The summed E-state index contributed by atoms with van der Waals surface area (Å²) in [6.45, 7) is 5.15. The summed E-state index contributed by atoms with van der Waals surface area (Å²) >= 11 is 0. The van der Waals surface area contributed by atoms with Crippen LogP contribution in [0.1, 0.15) is 27.7 Å². The van der Waals surface area contributed by atoms with E-state index in [1.165, 1.54) is 27.7 Å². The molecule has 2 amide bonds. The standard InChI is InChI=1S/C12H18N2O6/c1-11(2,9(17)18)13-7(15)5-6-8(16)14-12(3,4)10(19)20/h5-6H,1-4H3,(H,13,15)(H,14,16)(H,17,18)(H,19,20)/b6-5+. The molecule has 0 aromatic heterocycles. The molecule has 0 unspecified atom stereocenters. The molecule has 0 aliphatic carbocycles. The van der Waals surface area contributed by atoms with Crippen molar-refractivity contribution in [2.75, 3.05) is 0 Å². The molecule has 0 aliphatic heterocycles. The molecule has 0 radical (unpaired) electrons. The lowest BCUT2D eigenvalue weighted by molar-refractivity contribution is -0.145. The Hall–Kier alpha value is -2.38. The van der Waals surface area contributed by atoms with Crippen molar-refractivity contribution >= 4 is 23.8 Å². The predicted octanol–water partition coefficient (Wildman–Crippen LogP) is -0.499. The number of hydrogen-bond acceptors (Lipinski definition) is 4. The van der Waals surface area contributed by atoms with Crippen LogP contribution in [0.4, 0.5) is 0 Å². The van der Waals surface area contributed by atoms with E-state index in [0.29, 0.717) is 0 Å². The van der Waals surface area contributed by atoms with Crippen LogP contribution in [-0.4, -0.2) is 45.0 Å². The molecule has 0 aromatic rings. The number of carboxylic acid groups (broad SMARTS) is 2. The fraction of sp³-hybridized carbons (Fsp3) is 0.500. The maximum atomic E-state index is 11.4. The maximum Gasteiger partial charge on any atom is 0.328 e. The predicted molar refractivity (Wildman–Crippen MR) is 68.9 cm³/mol. The molecule has 8 heteroatoms. The normalized spacial score (nSPS) is 12.0. The Kier molecular flexibility index (Phi) is 5.44. The molecule has 4 N–H and O–H groups in total. The van der Waals surface area contributed by atoms with Gasteiger partial charge in [0.1, 0.15) is 11.1 Å². The number of carbonyl (C=O) groups excluding carboxylic acids is 2. The van der Waals surface area contributed by atoms with Crippen molar-refractivity contribution in [3.05, 3.63) is 12.2 Å². The highest BCUT2D eigenvalue weighted by atomic mass is 16.4. The second kappa shape index (κ2) is 6.18. The van der Waals surface area contributed by atoms with Crippen molar-refractivity contribution in [1.29, 1.82) is 0 Å². The van der Waals surface area contributed by atoms with Crippen molar-refractivity contribution in [3.8, 4) is 0 Å². The molecular formula is C12H18N2O6. The Morgan fingerprint density at radius 3 is 1.20 bits per heavy atom. The third-order valence-electron chi connectivity index (χ3n) is 2.33. The fourth-order valence-electron chi connectivity index (χ4n) is 0.958. The average molecular weight is 286 g/mol. The summed E-state index contributed by atoms with van der Waals surface area (Å²) in [6, 6.07) is 0. The summed E-state index contributed by atoms with van der Waals surface area (Å²) in [5.41, 5.74) is -2.95. The molecule has 0 saturated carbocycles. The van der Waals surface area contributed by atoms with Gasteiger partial charge in [0.15, 0.2) is 0 Å². The topological polar surface area (TPSA) is 133 Å². The van der Waals surface area contributed by atoms with Gasteiger partial charge in [0.25, 0.3) is 0 Å². The van der Waals surface area contributed by atoms with Crippen LogP contribution in [0.25, 0.3) is 0 Å². The summed E-state index contributed by atoms with van der Waals surface area (Å²) in [5.74, 6) is -4.01. The van der Waals surface area contributed by atoms with Gasteiger partial charge < -0.3 is 20.8 Å². The molecule has 0 saturated heterocycles. The molecular weight excluding hydrogens is 268 g/mol. The first kappa shape index (κ1) is 17.6. The van der Waals surface area contributed by atoms with Crippen LogP contribution in [0.2, 0.25) is 0 Å². The van der Waals surface area contributed by atoms with Gasteiger partial charge in [0.2, 0.25) is 11.8 Å². The van der Waals surface area contributed by atoms with Crippen LogP contribution in [0, 0.1) is 0 Å². The van der Waals surface area contributed by atoms with Gasteiger partial charge in [-0.15, -0.1) is 0 Å². The molecule has 0 atom stereocenters. The quantitative estimate of drug-likeness (QED) is 0.487. The zero-order chi connectivity index (χ0) is 16.1. The van der Waals surface area contributed by atoms with E-state index in [1.54, 1.807) is 0 Å².